The van der Waals surface area contributed by atoms with Gasteiger partial charge in [0.25, 0.3) is 5.91 Å². The number of halogens is 1. The highest BCUT2D eigenvalue weighted by molar-refractivity contribution is 9.10. The number of rotatable bonds is 3. The molecule has 0 radical (unpaired) electrons. The fourth-order valence-corrected chi connectivity index (χ4v) is 2.43. The van der Waals surface area contributed by atoms with Gasteiger partial charge in [-0.15, -0.1) is 11.3 Å². The molecule has 7 heteroatoms. The van der Waals surface area contributed by atoms with Crippen LogP contribution in [0.1, 0.15) is 20.0 Å². The quantitative estimate of drug-likeness (QED) is 0.850. The molecule has 5 nitrogen and oxygen atoms in total. The van der Waals surface area contributed by atoms with Gasteiger partial charge < -0.3 is 10.4 Å². The van der Waals surface area contributed by atoms with E-state index in [1.165, 1.54) is 6.07 Å². The minimum Gasteiger partial charge on any atom is -0.477 e. The van der Waals surface area contributed by atoms with E-state index in [0.29, 0.717) is 15.2 Å². The molecule has 0 aliphatic heterocycles. The van der Waals surface area contributed by atoms with Crippen LogP contribution in [0.3, 0.4) is 0 Å². The summed E-state index contributed by atoms with van der Waals surface area (Å²) in [5.41, 5.74) is 0.391. The first-order valence-electron chi connectivity index (χ1n) is 4.83. The van der Waals surface area contributed by atoms with Crippen LogP contribution < -0.4 is 5.32 Å². The molecule has 2 rings (SSSR count). The number of hydrogen-bond donors (Lipinski definition) is 2. The lowest BCUT2D eigenvalue weighted by atomic mass is 10.3. The summed E-state index contributed by atoms with van der Waals surface area (Å²) in [5.74, 6) is -1.35. The average Bonchev–Trinajstić information content (AvgIpc) is 2.78. The third-order valence-corrected chi connectivity index (χ3v) is 3.68. The molecule has 2 aromatic heterocycles. The molecular weight excluding hydrogens is 320 g/mol. The second-order valence-electron chi connectivity index (χ2n) is 3.26. The Bertz CT molecular complexity index is 612. The van der Waals surface area contributed by atoms with E-state index < -0.39 is 5.97 Å². The van der Waals surface area contributed by atoms with Gasteiger partial charge in [-0.05, 0) is 40.2 Å². The molecule has 0 aromatic carbocycles. The molecule has 0 aliphatic rings. The van der Waals surface area contributed by atoms with Crippen LogP contribution in [0.5, 0.6) is 0 Å². The predicted octanol–water partition coefficient (Wildman–Crippen LogP) is 2.86. The fraction of sp³-hybridized carbons (Fsp3) is 0. The molecule has 0 saturated heterocycles. The number of carboxylic acids is 1. The minimum absolute atomic E-state index is 0.176. The van der Waals surface area contributed by atoms with E-state index in [4.69, 9.17) is 5.11 Å². The zero-order valence-corrected chi connectivity index (χ0v) is 11.3. The van der Waals surface area contributed by atoms with Crippen LogP contribution in [-0.4, -0.2) is 22.0 Å². The summed E-state index contributed by atoms with van der Waals surface area (Å²) in [6.07, 6.45) is 1.56. The topological polar surface area (TPSA) is 79.3 Å². The van der Waals surface area contributed by atoms with Crippen LogP contribution in [0.25, 0.3) is 0 Å². The van der Waals surface area contributed by atoms with E-state index in [9.17, 15) is 9.59 Å². The summed E-state index contributed by atoms with van der Waals surface area (Å²) >= 11 is 4.18. The highest BCUT2D eigenvalue weighted by Crippen LogP contribution is 2.23. The normalized spacial score (nSPS) is 10.1. The van der Waals surface area contributed by atoms with Gasteiger partial charge in [-0.2, -0.15) is 0 Å². The van der Waals surface area contributed by atoms with Crippen LogP contribution >= 0.6 is 27.3 Å². The molecule has 0 saturated carbocycles. The monoisotopic (exact) mass is 326 g/mol. The van der Waals surface area contributed by atoms with Gasteiger partial charge in [-0.25, -0.2) is 9.78 Å². The Balaban J connectivity index is 2.16. The molecule has 92 valence electrons. The number of carboxylic acid groups (broad SMARTS) is 1. The van der Waals surface area contributed by atoms with Crippen LogP contribution in [0.4, 0.5) is 5.00 Å². The number of aromatic nitrogens is 1. The van der Waals surface area contributed by atoms with Gasteiger partial charge in [0.15, 0.2) is 0 Å². The van der Waals surface area contributed by atoms with Crippen LogP contribution in [-0.2, 0) is 0 Å². The number of amides is 1. The summed E-state index contributed by atoms with van der Waals surface area (Å²) in [6.45, 7) is 0. The number of carbonyl (C=O) groups excluding carboxylic acids is 1. The van der Waals surface area contributed by atoms with Crippen LogP contribution in [0.15, 0.2) is 35.1 Å². The summed E-state index contributed by atoms with van der Waals surface area (Å²) in [4.78, 5) is 26.7. The largest absolute Gasteiger partial charge is 0.477 e. The summed E-state index contributed by atoms with van der Waals surface area (Å²) in [5, 5.41) is 11.9. The van der Waals surface area contributed by atoms with Crippen molar-refractivity contribution in [3.63, 3.8) is 0 Å². The second-order valence-corrected chi connectivity index (χ2v) is 5.10. The first-order valence-corrected chi connectivity index (χ1v) is 6.44. The van der Waals surface area contributed by atoms with E-state index >= 15 is 0 Å². The molecule has 1 amide bonds. The van der Waals surface area contributed by atoms with Crippen molar-refractivity contribution < 1.29 is 14.7 Å². The number of nitrogens with one attached hydrogen (secondary N) is 1. The zero-order valence-electron chi connectivity index (χ0n) is 8.88. The smallest absolute Gasteiger partial charge is 0.345 e. The zero-order chi connectivity index (χ0) is 13.1. The van der Waals surface area contributed by atoms with Gasteiger partial charge in [-0.3, -0.25) is 4.79 Å². The van der Waals surface area contributed by atoms with E-state index in [0.717, 1.165) is 11.3 Å². The molecular formula is C11H7BrN2O3S. The van der Waals surface area contributed by atoms with Crippen molar-refractivity contribution in [2.24, 2.45) is 0 Å². The highest BCUT2D eigenvalue weighted by atomic mass is 79.9. The van der Waals surface area contributed by atoms with Crippen LogP contribution in [0, 0.1) is 0 Å². The Kier molecular flexibility index (Phi) is 3.73. The van der Waals surface area contributed by atoms with E-state index in [1.807, 2.05) is 0 Å². The first kappa shape index (κ1) is 12.7. The molecule has 0 unspecified atom stereocenters. The number of anilines is 1. The lowest BCUT2D eigenvalue weighted by Crippen LogP contribution is -2.11. The van der Waals surface area contributed by atoms with Crippen molar-refractivity contribution >= 4 is 44.1 Å². The maximum Gasteiger partial charge on any atom is 0.345 e. The number of nitrogens with zero attached hydrogens (tertiary/aromatic N) is 1. The van der Waals surface area contributed by atoms with Crippen molar-refractivity contribution in [3.05, 3.63) is 45.5 Å². The molecule has 18 heavy (non-hydrogen) atoms. The van der Waals surface area contributed by atoms with Crippen molar-refractivity contribution in [2.75, 3.05) is 5.32 Å². The second kappa shape index (κ2) is 5.28. The van der Waals surface area contributed by atoms with Crippen molar-refractivity contribution in [1.29, 1.82) is 0 Å². The Labute approximate surface area is 115 Å². The molecule has 0 aliphatic carbocycles. The summed E-state index contributed by atoms with van der Waals surface area (Å²) in [6, 6.07) is 6.27. The SMILES string of the molecule is O=C(O)c1ccc(NC(=O)c2cccnc2Br)s1. The molecule has 0 fully saturated rings. The molecule has 2 N–H and O–H groups in total. The van der Waals surface area contributed by atoms with E-state index in [2.05, 4.69) is 26.2 Å². The minimum atomic E-state index is -1.01. The van der Waals surface area contributed by atoms with Gasteiger partial charge in [0.05, 0.1) is 10.6 Å². The van der Waals surface area contributed by atoms with Crippen molar-refractivity contribution in [2.45, 2.75) is 0 Å². The number of thiophene rings is 1. The Morgan fingerprint density at radius 3 is 2.72 bits per heavy atom. The van der Waals surface area contributed by atoms with Gasteiger partial charge in [0.2, 0.25) is 0 Å². The number of hydrogen-bond acceptors (Lipinski definition) is 4. The average molecular weight is 327 g/mol. The molecule has 2 heterocycles. The van der Waals surface area contributed by atoms with Gasteiger partial charge in [0.1, 0.15) is 9.48 Å². The Morgan fingerprint density at radius 1 is 1.33 bits per heavy atom. The third kappa shape index (κ3) is 2.74. The summed E-state index contributed by atoms with van der Waals surface area (Å²) in [7, 11) is 0. The fourth-order valence-electron chi connectivity index (χ4n) is 1.25. The van der Waals surface area contributed by atoms with Gasteiger partial charge in [0, 0.05) is 6.20 Å². The van der Waals surface area contributed by atoms with Gasteiger partial charge in [-0.1, -0.05) is 0 Å². The van der Waals surface area contributed by atoms with Gasteiger partial charge >= 0.3 is 5.97 Å². The maximum absolute atomic E-state index is 11.9. The highest BCUT2D eigenvalue weighted by Gasteiger charge is 2.13. The Hall–Kier alpha value is -1.73. The first-order chi connectivity index (χ1) is 8.58. The molecule has 0 atom stereocenters. The van der Waals surface area contributed by atoms with E-state index in [-0.39, 0.29) is 10.8 Å². The lowest BCUT2D eigenvalue weighted by Gasteiger charge is -2.03. The number of aromatic carboxylic acids is 1. The lowest BCUT2D eigenvalue weighted by molar-refractivity contribution is 0.0702. The standard InChI is InChI=1S/C11H7BrN2O3S/c12-9-6(2-1-5-13-9)10(15)14-8-4-3-7(18-8)11(16)17/h1-5H,(H,14,15)(H,16,17). The van der Waals surface area contributed by atoms with Crippen molar-refractivity contribution in [3.8, 4) is 0 Å². The molecule has 2 aromatic rings. The Morgan fingerprint density at radius 2 is 2.11 bits per heavy atom. The predicted molar refractivity (Wildman–Crippen MR) is 71.2 cm³/mol. The maximum atomic E-state index is 11.9. The molecule has 0 spiro atoms. The number of carbonyl (C=O) groups is 2. The number of pyridine rings is 1. The summed E-state index contributed by atoms with van der Waals surface area (Å²) < 4.78 is 0.442. The van der Waals surface area contributed by atoms with Crippen molar-refractivity contribution in [1.82, 2.24) is 4.98 Å². The van der Waals surface area contributed by atoms with Crippen LogP contribution in [0.2, 0.25) is 0 Å². The van der Waals surface area contributed by atoms with E-state index in [1.54, 1.807) is 24.4 Å². The molecule has 0 bridgehead atoms. The third-order valence-electron chi connectivity index (χ3n) is 2.06.